The maximum absolute atomic E-state index is 14.5. The van der Waals surface area contributed by atoms with E-state index in [2.05, 4.69) is 30.2 Å². The van der Waals surface area contributed by atoms with Crippen LogP contribution in [0.4, 0.5) is 4.79 Å². The Morgan fingerprint density at radius 3 is 2.00 bits per heavy atom. The summed E-state index contributed by atoms with van der Waals surface area (Å²) in [5.74, 6) is -1.60. The predicted molar refractivity (Wildman–Crippen MR) is 185 cm³/mol. The molecule has 0 spiro atoms. The highest BCUT2D eigenvalue weighted by Crippen LogP contribution is 2.26. The number of nitrogens with zero attached hydrogens (tertiary/aromatic N) is 1. The molecule has 0 aliphatic carbocycles. The van der Waals surface area contributed by atoms with Crippen LogP contribution in [0.15, 0.2) is 48.5 Å². The minimum absolute atomic E-state index is 0.0157. The summed E-state index contributed by atoms with van der Waals surface area (Å²) in [7, 11) is 0. The second kappa shape index (κ2) is 17.4. The summed E-state index contributed by atoms with van der Waals surface area (Å²) in [5.41, 5.74) is 1.85. The van der Waals surface area contributed by atoms with E-state index >= 15 is 0 Å². The summed E-state index contributed by atoms with van der Waals surface area (Å²) in [6.45, 7) is 16.7. The van der Waals surface area contributed by atoms with Crippen molar-refractivity contribution in [3.8, 4) is 0 Å². The lowest BCUT2D eigenvalue weighted by Crippen LogP contribution is -2.55. The number of rotatable bonds is 14. The number of amides is 3. The van der Waals surface area contributed by atoms with E-state index in [0.29, 0.717) is 12.0 Å². The van der Waals surface area contributed by atoms with Crippen molar-refractivity contribution < 1.29 is 28.7 Å². The molecule has 3 atom stereocenters. The molecule has 0 aromatic heterocycles. The van der Waals surface area contributed by atoms with Crippen LogP contribution < -0.4 is 10.6 Å². The SMILES string of the molecule is CCCCCN(C(=O)C(CS)NC(=O)OC(C)(C)C)C(C(=O)NC(Cc1ccccc1)C(=O)OC(C)(C)C)c1ccc(C)c(C)c1. The largest absolute Gasteiger partial charge is 0.458 e. The monoisotopic (exact) mass is 655 g/mol. The molecule has 0 radical (unpaired) electrons. The molecule has 0 bridgehead atoms. The summed E-state index contributed by atoms with van der Waals surface area (Å²) in [5, 5.41) is 5.58. The van der Waals surface area contributed by atoms with Gasteiger partial charge in [0.25, 0.3) is 0 Å². The standard InChI is InChI=1S/C36H53N3O6S/c1-10-11-15-20-39(32(41)29(23-46)38-34(43)45-36(7,8)9)30(27-19-18-24(2)25(3)21-27)31(40)37-28(33(42)44-35(4,5)6)22-26-16-13-12-14-17-26/h12-14,16-19,21,28-30,46H,10-11,15,20,22-23H2,1-9H3,(H,37,40)(H,38,43). The lowest BCUT2D eigenvalue weighted by molar-refractivity contribution is -0.159. The van der Waals surface area contributed by atoms with Crippen molar-refractivity contribution in [2.45, 2.75) is 117 Å². The number of carbonyl (C=O) groups is 4. The molecule has 0 heterocycles. The van der Waals surface area contributed by atoms with Crippen LogP contribution in [0.5, 0.6) is 0 Å². The number of carbonyl (C=O) groups excluding carboxylic acids is 4. The molecule has 3 amide bonds. The summed E-state index contributed by atoms with van der Waals surface area (Å²) in [4.78, 5) is 56.4. The van der Waals surface area contributed by atoms with Gasteiger partial charge in [-0.15, -0.1) is 0 Å². The fourth-order valence-corrected chi connectivity index (χ4v) is 5.06. The number of benzene rings is 2. The van der Waals surface area contributed by atoms with Crippen molar-refractivity contribution in [1.82, 2.24) is 15.5 Å². The zero-order valence-electron chi connectivity index (χ0n) is 28.9. The van der Waals surface area contributed by atoms with Crippen LogP contribution in [0.2, 0.25) is 0 Å². The van der Waals surface area contributed by atoms with Crippen molar-refractivity contribution >= 4 is 36.5 Å². The first-order valence-electron chi connectivity index (χ1n) is 16.0. The average Bonchev–Trinajstić information content (AvgIpc) is 2.95. The summed E-state index contributed by atoms with van der Waals surface area (Å²) < 4.78 is 11.1. The van der Waals surface area contributed by atoms with Gasteiger partial charge < -0.3 is 25.0 Å². The lowest BCUT2D eigenvalue weighted by Gasteiger charge is -2.35. The molecule has 0 saturated heterocycles. The van der Waals surface area contributed by atoms with E-state index in [1.165, 1.54) is 4.90 Å². The fourth-order valence-electron chi connectivity index (χ4n) is 4.81. The first-order valence-corrected chi connectivity index (χ1v) is 16.6. The molecular formula is C36H53N3O6S. The molecule has 2 rings (SSSR count). The summed E-state index contributed by atoms with van der Waals surface area (Å²) in [6.07, 6.45) is 1.79. The Bertz CT molecular complexity index is 1320. The maximum atomic E-state index is 14.5. The Labute approximate surface area is 280 Å². The Morgan fingerprint density at radius 1 is 0.826 bits per heavy atom. The molecule has 46 heavy (non-hydrogen) atoms. The normalized spacial score (nSPS) is 13.6. The Hall–Kier alpha value is -3.53. The van der Waals surface area contributed by atoms with Gasteiger partial charge in [-0.05, 0) is 84.1 Å². The van der Waals surface area contributed by atoms with Crippen LogP contribution in [0.1, 0.15) is 96.0 Å². The highest BCUT2D eigenvalue weighted by Gasteiger charge is 2.38. The van der Waals surface area contributed by atoms with Gasteiger partial charge in [-0.3, -0.25) is 9.59 Å². The molecule has 0 aliphatic heterocycles. The molecule has 254 valence electrons. The van der Waals surface area contributed by atoms with Crippen molar-refractivity contribution in [2.75, 3.05) is 12.3 Å². The molecule has 3 unspecified atom stereocenters. The number of thiol groups is 1. The van der Waals surface area contributed by atoms with Gasteiger partial charge in [-0.2, -0.15) is 12.6 Å². The van der Waals surface area contributed by atoms with Crippen LogP contribution in [0.25, 0.3) is 0 Å². The summed E-state index contributed by atoms with van der Waals surface area (Å²) >= 11 is 4.38. The quantitative estimate of drug-likeness (QED) is 0.126. The van der Waals surface area contributed by atoms with E-state index in [1.807, 2.05) is 62.4 Å². The third-order valence-electron chi connectivity index (χ3n) is 7.15. The maximum Gasteiger partial charge on any atom is 0.408 e. The van der Waals surface area contributed by atoms with E-state index in [9.17, 15) is 19.2 Å². The topological polar surface area (TPSA) is 114 Å². The van der Waals surface area contributed by atoms with Gasteiger partial charge in [0.15, 0.2) is 0 Å². The number of esters is 1. The zero-order valence-corrected chi connectivity index (χ0v) is 29.8. The lowest BCUT2D eigenvalue weighted by atomic mass is 9.97. The summed E-state index contributed by atoms with van der Waals surface area (Å²) in [6, 6.07) is 11.8. The minimum atomic E-state index is -1.10. The van der Waals surface area contributed by atoms with E-state index in [1.54, 1.807) is 41.5 Å². The minimum Gasteiger partial charge on any atom is -0.458 e. The molecule has 0 fully saturated rings. The van der Waals surface area contributed by atoms with E-state index in [0.717, 1.165) is 29.5 Å². The van der Waals surface area contributed by atoms with Crippen LogP contribution >= 0.6 is 12.6 Å². The molecule has 0 aliphatic rings. The Balaban J connectivity index is 2.60. The van der Waals surface area contributed by atoms with Crippen molar-refractivity contribution in [2.24, 2.45) is 0 Å². The van der Waals surface area contributed by atoms with Gasteiger partial charge in [-0.25, -0.2) is 9.59 Å². The van der Waals surface area contributed by atoms with Crippen LogP contribution in [-0.2, 0) is 30.3 Å². The predicted octanol–water partition coefficient (Wildman–Crippen LogP) is 6.26. The second-order valence-corrected chi connectivity index (χ2v) is 14.0. The van der Waals surface area contributed by atoms with E-state index < -0.39 is 53.2 Å². The van der Waals surface area contributed by atoms with Gasteiger partial charge in [0.2, 0.25) is 11.8 Å². The van der Waals surface area contributed by atoms with Crippen molar-refractivity contribution in [3.63, 3.8) is 0 Å². The van der Waals surface area contributed by atoms with Gasteiger partial charge in [0.1, 0.15) is 29.3 Å². The number of unbranched alkanes of at least 4 members (excludes halogenated alkanes) is 2. The molecule has 9 nitrogen and oxygen atoms in total. The van der Waals surface area contributed by atoms with Gasteiger partial charge in [0.05, 0.1) is 0 Å². The van der Waals surface area contributed by atoms with Crippen LogP contribution in [0.3, 0.4) is 0 Å². The molecule has 2 N–H and O–H groups in total. The number of ether oxygens (including phenoxy) is 2. The second-order valence-electron chi connectivity index (χ2n) is 13.7. The van der Waals surface area contributed by atoms with Crippen LogP contribution in [-0.4, -0.2) is 64.4 Å². The highest BCUT2D eigenvalue weighted by molar-refractivity contribution is 7.80. The highest BCUT2D eigenvalue weighted by atomic mass is 32.1. The molecule has 0 saturated carbocycles. The zero-order chi connectivity index (χ0) is 34.7. The number of hydrogen-bond acceptors (Lipinski definition) is 7. The van der Waals surface area contributed by atoms with Crippen molar-refractivity contribution in [3.05, 3.63) is 70.8 Å². The average molecular weight is 656 g/mol. The smallest absolute Gasteiger partial charge is 0.408 e. The Morgan fingerprint density at radius 2 is 1.46 bits per heavy atom. The third-order valence-corrected chi connectivity index (χ3v) is 7.52. The van der Waals surface area contributed by atoms with Gasteiger partial charge in [-0.1, -0.05) is 68.3 Å². The number of hydrogen-bond donors (Lipinski definition) is 3. The van der Waals surface area contributed by atoms with Crippen LogP contribution in [0, 0.1) is 13.8 Å². The number of alkyl carbamates (subject to hydrolysis) is 1. The Kier molecular flexibility index (Phi) is 14.6. The van der Waals surface area contributed by atoms with E-state index in [-0.39, 0.29) is 18.7 Å². The van der Waals surface area contributed by atoms with Gasteiger partial charge in [0, 0.05) is 18.7 Å². The first-order chi connectivity index (χ1) is 21.5. The fraction of sp³-hybridized carbons (Fsp3) is 0.556. The van der Waals surface area contributed by atoms with Crippen molar-refractivity contribution in [1.29, 1.82) is 0 Å². The molecule has 2 aromatic rings. The third kappa shape index (κ3) is 12.7. The molecule has 10 heteroatoms. The molecule has 2 aromatic carbocycles. The number of aryl methyl sites for hydroxylation is 2. The first kappa shape index (κ1) is 38.7. The number of nitrogens with one attached hydrogen (secondary N) is 2. The van der Waals surface area contributed by atoms with Gasteiger partial charge >= 0.3 is 12.1 Å². The van der Waals surface area contributed by atoms with E-state index in [4.69, 9.17) is 9.47 Å². The molecular weight excluding hydrogens is 602 g/mol.